The first-order chi connectivity index (χ1) is 9.36. The van der Waals surface area contributed by atoms with E-state index >= 15 is 0 Å². The lowest BCUT2D eigenvalue weighted by Gasteiger charge is -2.30. The van der Waals surface area contributed by atoms with Gasteiger partial charge in [0.25, 0.3) is 0 Å². The summed E-state index contributed by atoms with van der Waals surface area (Å²) in [4.78, 5) is 0. The van der Waals surface area contributed by atoms with Crippen LogP contribution < -0.4 is 5.32 Å². The lowest BCUT2D eigenvalue weighted by Crippen LogP contribution is -2.44. The fourth-order valence-corrected chi connectivity index (χ4v) is 3.44. The van der Waals surface area contributed by atoms with Crippen molar-refractivity contribution in [1.82, 2.24) is 9.62 Å². The minimum absolute atomic E-state index is 0.412. The van der Waals surface area contributed by atoms with Crippen molar-refractivity contribution in [2.24, 2.45) is 0 Å². The molecule has 4 nitrogen and oxygen atoms in total. The molecule has 1 aromatic carbocycles. The second-order valence-corrected chi connectivity index (χ2v) is 7.72. The van der Waals surface area contributed by atoms with Crippen molar-refractivity contribution >= 4 is 10.0 Å². The van der Waals surface area contributed by atoms with E-state index in [1.165, 1.54) is 22.9 Å². The minimum Gasteiger partial charge on any atom is -0.310 e. The Morgan fingerprint density at radius 2 is 1.85 bits per heavy atom. The predicted octanol–water partition coefficient (Wildman–Crippen LogP) is 1.82. The maximum Gasteiger partial charge on any atom is 0.211 e. The summed E-state index contributed by atoms with van der Waals surface area (Å²) in [5, 5.41) is 3.54. The van der Waals surface area contributed by atoms with E-state index < -0.39 is 10.0 Å². The summed E-state index contributed by atoms with van der Waals surface area (Å²) < 4.78 is 24.5. The monoisotopic (exact) mass is 296 g/mol. The first-order valence-corrected chi connectivity index (χ1v) is 8.96. The third kappa shape index (κ3) is 4.04. The Kier molecular flexibility index (Phi) is 4.83. The smallest absolute Gasteiger partial charge is 0.211 e. The van der Waals surface area contributed by atoms with E-state index in [1.807, 2.05) is 0 Å². The van der Waals surface area contributed by atoms with Crippen LogP contribution in [0.1, 0.15) is 29.5 Å². The summed E-state index contributed by atoms with van der Waals surface area (Å²) >= 11 is 0. The zero-order chi connectivity index (χ0) is 14.8. The molecule has 0 aromatic heterocycles. The van der Waals surface area contributed by atoms with Crippen LogP contribution in [0.25, 0.3) is 0 Å². The number of hydrogen-bond donors (Lipinski definition) is 1. The van der Waals surface area contributed by atoms with E-state index in [2.05, 4.69) is 37.4 Å². The first-order valence-electron chi connectivity index (χ1n) is 7.11. The van der Waals surface area contributed by atoms with E-state index in [4.69, 9.17) is 0 Å². The summed E-state index contributed by atoms with van der Waals surface area (Å²) in [7, 11) is -3.02. The molecule has 1 aliphatic rings. The lowest BCUT2D eigenvalue weighted by molar-refractivity contribution is 0.290. The molecule has 0 bridgehead atoms. The van der Waals surface area contributed by atoms with Gasteiger partial charge in [0.15, 0.2) is 0 Å². The molecule has 1 aliphatic heterocycles. The van der Waals surface area contributed by atoms with Gasteiger partial charge in [0, 0.05) is 25.7 Å². The molecule has 0 amide bonds. The molecule has 20 heavy (non-hydrogen) atoms. The van der Waals surface area contributed by atoms with Crippen molar-refractivity contribution in [3.05, 3.63) is 34.9 Å². The Hall–Kier alpha value is -0.910. The molecule has 0 aliphatic carbocycles. The number of aryl methyl sites for hydroxylation is 2. The third-order valence-corrected chi connectivity index (χ3v) is 5.39. The largest absolute Gasteiger partial charge is 0.310 e. The topological polar surface area (TPSA) is 49.4 Å². The number of benzene rings is 1. The van der Waals surface area contributed by atoms with Gasteiger partial charge in [-0.3, -0.25) is 0 Å². The molecule has 1 N–H and O–H groups in total. The van der Waals surface area contributed by atoms with Crippen LogP contribution >= 0.6 is 0 Å². The maximum atomic E-state index is 11.4. The number of piperidine rings is 1. The summed E-state index contributed by atoms with van der Waals surface area (Å²) in [6.45, 7) is 6.36. The van der Waals surface area contributed by atoms with Crippen LogP contribution in [0.5, 0.6) is 0 Å². The molecule has 112 valence electrons. The maximum absolute atomic E-state index is 11.4. The Bertz CT molecular complexity index is 561. The third-order valence-electron chi connectivity index (χ3n) is 4.09. The minimum atomic E-state index is -3.02. The van der Waals surface area contributed by atoms with Crippen molar-refractivity contribution in [1.29, 1.82) is 0 Å². The molecule has 0 saturated carbocycles. The van der Waals surface area contributed by atoms with Crippen molar-refractivity contribution in [2.45, 2.75) is 39.3 Å². The predicted molar refractivity (Wildman–Crippen MR) is 82.2 cm³/mol. The van der Waals surface area contributed by atoms with Crippen LogP contribution in [0.2, 0.25) is 0 Å². The van der Waals surface area contributed by atoms with Crippen molar-refractivity contribution < 1.29 is 8.42 Å². The quantitative estimate of drug-likeness (QED) is 0.922. The van der Waals surface area contributed by atoms with E-state index in [1.54, 1.807) is 4.31 Å². The van der Waals surface area contributed by atoms with Crippen molar-refractivity contribution in [2.75, 3.05) is 19.3 Å². The van der Waals surface area contributed by atoms with Crippen LogP contribution in [0.3, 0.4) is 0 Å². The Morgan fingerprint density at radius 1 is 1.20 bits per heavy atom. The highest BCUT2D eigenvalue weighted by Crippen LogP contribution is 2.15. The Balaban J connectivity index is 1.83. The zero-order valence-corrected chi connectivity index (χ0v) is 13.3. The SMILES string of the molecule is Cc1ccc(CNC2CCN(S(C)(=O)=O)CC2)cc1C. The molecule has 0 spiro atoms. The van der Waals surface area contributed by atoms with E-state index in [0.717, 1.165) is 19.4 Å². The average Bonchev–Trinajstić information content (AvgIpc) is 2.40. The number of nitrogens with zero attached hydrogens (tertiary/aromatic N) is 1. The van der Waals surface area contributed by atoms with Crippen LogP contribution in [-0.4, -0.2) is 38.1 Å². The van der Waals surface area contributed by atoms with Gasteiger partial charge in [-0.15, -0.1) is 0 Å². The second-order valence-electron chi connectivity index (χ2n) is 5.74. The molecule has 0 atom stereocenters. The average molecular weight is 296 g/mol. The standard InChI is InChI=1S/C15H24N2O2S/c1-12-4-5-14(10-13(12)2)11-16-15-6-8-17(9-7-15)20(3,18)19/h4-5,10,15-16H,6-9,11H2,1-3H3. The Morgan fingerprint density at radius 3 is 2.40 bits per heavy atom. The zero-order valence-electron chi connectivity index (χ0n) is 12.5. The summed E-state index contributed by atoms with van der Waals surface area (Å²) in [5.41, 5.74) is 3.92. The van der Waals surface area contributed by atoms with Gasteiger partial charge in [-0.25, -0.2) is 12.7 Å². The van der Waals surface area contributed by atoms with Crippen molar-refractivity contribution in [3.63, 3.8) is 0 Å². The number of nitrogens with one attached hydrogen (secondary N) is 1. The molecule has 0 unspecified atom stereocenters. The molecular formula is C15H24N2O2S. The number of rotatable bonds is 4. The van der Waals surface area contributed by atoms with Gasteiger partial charge in [-0.1, -0.05) is 18.2 Å². The molecule has 0 radical (unpaired) electrons. The van der Waals surface area contributed by atoms with Crippen molar-refractivity contribution in [3.8, 4) is 0 Å². The van der Waals surface area contributed by atoms with Gasteiger partial charge in [0.05, 0.1) is 6.26 Å². The molecule has 2 rings (SSSR count). The molecular weight excluding hydrogens is 272 g/mol. The van der Waals surface area contributed by atoms with Gasteiger partial charge in [-0.2, -0.15) is 0 Å². The highest BCUT2D eigenvalue weighted by atomic mass is 32.2. The normalized spacial score (nSPS) is 18.4. The Labute approximate surface area is 122 Å². The van der Waals surface area contributed by atoms with Gasteiger partial charge in [0.1, 0.15) is 0 Å². The molecule has 1 heterocycles. The molecule has 1 fully saturated rings. The first kappa shape index (κ1) is 15.5. The molecule has 1 saturated heterocycles. The molecule has 5 heteroatoms. The van der Waals surface area contributed by atoms with E-state index in [-0.39, 0.29) is 0 Å². The van der Waals surface area contributed by atoms with Crippen LogP contribution in [0.15, 0.2) is 18.2 Å². The highest BCUT2D eigenvalue weighted by Gasteiger charge is 2.24. The van der Waals surface area contributed by atoms with E-state index in [9.17, 15) is 8.42 Å². The highest BCUT2D eigenvalue weighted by molar-refractivity contribution is 7.88. The van der Waals surface area contributed by atoms with Gasteiger partial charge in [-0.05, 0) is 43.4 Å². The van der Waals surface area contributed by atoms with E-state index in [0.29, 0.717) is 19.1 Å². The van der Waals surface area contributed by atoms with Gasteiger partial charge in [0.2, 0.25) is 10.0 Å². The van der Waals surface area contributed by atoms with Gasteiger partial charge >= 0.3 is 0 Å². The fraction of sp³-hybridized carbons (Fsp3) is 0.600. The number of hydrogen-bond acceptors (Lipinski definition) is 3. The van der Waals surface area contributed by atoms with Crippen LogP contribution in [0, 0.1) is 13.8 Å². The summed E-state index contributed by atoms with van der Waals surface area (Å²) in [5.74, 6) is 0. The lowest BCUT2D eigenvalue weighted by atomic mass is 10.0. The number of sulfonamides is 1. The second kappa shape index (κ2) is 6.24. The van der Waals surface area contributed by atoms with Gasteiger partial charge < -0.3 is 5.32 Å². The fourth-order valence-electron chi connectivity index (χ4n) is 2.57. The molecule has 1 aromatic rings. The summed E-state index contributed by atoms with van der Waals surface area (Å²) in [6.07, 6.45) is 3.06. The van der Waals surface area contributed by atoms with Crippen LogP contribution in [0.4, 0.5) is 0 Å². The van der Waals surface area contributed by atoms with Crippen LogP contribution in [-0.2, 0) is 16.6 Å². The summed E-state index contributed by atoms with van der Waals surface area (Å²) in [6, 6.07) is 6.93.